The van der Waals surface area contributed by atoms with Gasteiger partial charge in [-0.2, -0.15) is 5.10 Å². The summed E-state index contributed by atoms with van der Waals surface area (Å²) < 4.78 is 1.79. The summed E-state index contributed by atoms with van der Waals surface area (Å²) in [5.41, 5.74) is 3.28. The van der Waals surface area contributed by atoms with Crippen LogP contribution in [0.15, 0.2) is 36.4 Å². The molecule has 0 N–H and O–H groups in total. The fraction of sp³-hybridized carbons (Fsp3) is 0.577. The van der Waals surface area contributed by atoms with Gasteiger partial charge in [0.1, 0.15) is 6.54 Å². The molecule has 1 aromatic carbocycles. The van der Waals surface area contributed by atoms with Gasteiger partial charge in [-0.15, -0.1) is 0 Å². The van der Waals surface area contributed by atoms with Gasteiger partial charge < -0.3 is 9.80 Å². The van der Waals surface area contributed by atoms with Gasteiger partial charge in [0.2, 0.25) is 11.8 Å². The van der Waals surface area contributed by atoms with E-state index in [4.69, 9.17) is 0 Å². The Kier molecular flexibility index (Phi) is 7.81. The van der Waals surface area contributed by atoms with E-state index in [1.807, 2.05) is 35.8 Å². The van der Waals surface area contributed by atoms with Crippen LogP contribution in [0.5, 0.6) is 0 Å². The largest absolute Gasteiger partial charge is 0.341 e. The van der Waals surface area contributed by atoms with Crippen LogP contribution in [0.1, 0.15) is 42.6 Å². The molecule has 0 aliphatic carbocycles. The van der Waals surface area contributed by atoms with Crippen molar-refractivity contribution in [3.05, 3.63) is 53.3 Å². The normalized spacial score (nSPS) is 19.6. The van der Waals surface area contributed by atoms with E-state index in [0.29, 0.717) is 18.9 Å². The minimum Gasteiger partial charge on any atom is -0.341 e. The molecule has 7 heteroatoms. The Hall–Kier alpha value is -2.67. The molecule has 2 fully saturated rings. The second-order valence-electron chi connectivity index (χ2n) is 9.61. The number of rotatable bonds is 7. The summed E-state index contributed by atoms with van der Waals surface area (Å²) >= 11 is 0. The van der Waals surface area contributed by atoms with Crippen molar-refractivity contribution in [2.75, 3.05) is 39.3 Å². The molecular weight excluding hydrogens is 414 g/mol. The molecule has 2 aliphatic heterocycles. The molecule has 2 amide bonds. The molecule has 2 aliphatic rings. The summed E-state index contributed by atoms with van der Waals surface area (Å²) in [5.74, 6) is 0.804. The Morgan fingerprint density at radius 3 is 2.42 bits per heavy atom. The van der Waals surface area contributed by atoms with Crippen LogP contribution < -0.4 is 0 Å². The Morgan fingerprint density at radius 1 is 0.970 bits per heavy atom. The fourth-order valence-electron chi connectivity index (χ4n) is 5.07. The molecule has 0 saturated carbocycles. The van der Waals surface area contributed by atoms with Crippen molar-refractivity contribution < 1.29 is 9.59 Å². The van der Waals surface area contributed by atoms with Crippen LogP contribution in [-0.2, 0) is 22.7 Å². The summed E-state index contributed by atoms with van der Waals surface area (Å²) in [5, 5.41) is 4.42. The topological polar surface area (TPSA) is 61.7 Å². The van der Waals surface area contributed by atoms with Crippen LogP contribution in [0.2, 0.25) is 0 Å². The zero-order valence-corrected chi connectivity index (χ0v) is 20.1. The Balaban J connectivity index is 1.18. The number of aromatic nitrogens is 2. The molecule has 1 atom stereocenters. The number of likely N-dealkylation sites (tertiary alicyclic amines) is 1. The van der Waals surface area contributed by atoms with Gasteiger partial charge in [0.05, 0.1) is 5.69 Å². The molecule has 2 aromatic rings. The molecule has 33 heavy (non-hydrogen) atoms. The Labute approximate surface area is 197 Å². The monoisotopic (exact) mass is 451 g/mol. The van der Waals surface area contributed by atoms with Crippen LogP contribution >= 0.6 is 0 Å². The number of piperazine rings is 1. The first-order chi connectivity index (χ1) is 16.0. The van der Waals surface area contributed by atoms with Crippen molar-refractivity contribution in [3.8, 4) is 0 Å². The van der Waals surface area contributed by atoms with Gasteiger partial charge >= 0.3 is 0 Å². The number of carbonyl (C=O) groups is 2. The molecular formula is C26H37N5O2. The third kappa shape index (κ3) is 6.44. The highest BCUT2D eigenvalue weighted by atomic mass is 16.2. The molecule has 178 valence electrons. The summed E-state index contributed by atoms with van der Waals surface area (Å²) in [6.45, 7) is 10.2. The number of hydrogen-bond acceptors (Lipinski definition) is 4. The van der Waals surface area contributed by atoms with Crippen molar-refractivity contribution in [3.63, 3.8) is 0 Å². The van der Waals surface area contributed by atoms with E-state index in [0.717, 1.165) is 76.5 Å². The number of amides is 2. The van der Waals surface area contributed by atoms with Crippen molar-refractivity contribution in [2.24, 2.45) is 5.92 Å². The highest BCUT2D eigenvalue weighted by Gasteiger charge is 2.26. The standard InChI is InChI=1S/C26H37N5O2/c1-21-17-22(2)31(27-21)20-26(33)30-12-6-9-24(19-30)10-11-25(32)29-15-13-28(14-16-29)18-23-7-4-3-5-8-23/h3-5,7-8,17,24H,6,9-16,18-20H2,1-2H3/t24-/m0/s1. The maximum atomic E-state index is 12.8. The molecule has 7 nitrogen and oxygen atoms in total. The van der Waals surface area contributed by atoms with Crippen LogP contribution in [0.3, 0.4) is 0 Å². The van der Waals surface area contributed by atoms with Gasteiger partial charge in [-0.25, -0.2) is 0 Å². The number of piperidine rings is 1. The van der Waals surface area contributed by atoms with Gasteiger partial charge in [-0.3, -0.25) is 19.2 Å². The maximum Gasteiger partial charge on any atom is 0.244 e. The number of aryl methyl sites for hydroxylation is 2. The first-order valence-electron chi connectivity index (χ1n) is 12.3. The lowest BCUT2D eigenvalue weighted by Crippen LogP contribution is -2.48. The zero-order chi connectivity index (χ0) is 23.2. The molecule has 0 spiro atoms. The van der Waals surface area contributed by atoms with Crippen LogP contribution in [-0.4, -0.2) is 75.6 Å². The van der Waals surface area contributed by atoms with E-state index in [2.05, 4.69) is 34.3 Å². The molecule has 0 bridgehead atoms. The van der Waals surface area contributed by atoms with Gasteiger partial charge in [0.25, 0.3) is 0 Å². The summed E-state index contributed by atoms with van der Waals surface area (Å²) in [7, 11) is 0. The molecule has 4 rings (SSSR count). The first-order valence-corrected chi connectivity index (χ1v) is 12.3. The van der Waals surface area contributed by atoms with E-state index in [1.54, 1.807) is 4.68 Å². The van der Waals surface area contributed by atoms with Crippen molar-refractivity contribution in [1.82, 2.24) is 24.5 Å². The average Bonchev–Trinajstić information content (AvgIpc) is 3.15. The lowest BCUT2D eigenvalue weighted by atomic mass is 9.93. The molecule has 1 aromatic heterocycles. The predicted molar refractivity (Wildman–Crippen MR) is 129 cm³/mol. The van der Waals surface area contributed by atoms with E-state index in [-0.39, 0.29) is 11.8 Å². The molecule has 0 unspecified atom stereocenters. The lowest BCUT2D eigenvalue weighted by molar-refractivity contribution is -0.134. The number of hydrogen-bond donors (Lipinski definition) is 0. The molecule has 2 saturated heterocycles. The Bertz CT molecular complexity index is 933. The van der Waals surface area contributed by atoms with E-state index >= 15 is 0 Å². The smallest absolute Gasteiger partial charge is 0.244 e. The van der Waals surface area contributed by atoms with Gasteiger partial charge in [-0.05, 0) is 50.7 Å². The van der Waals surface area contributed by atoms with Gasteiger partial charge in [0, 0.05) is 57.9 Å². The fourth-order valence-corrected chi connectivity index (χ4v) is 5.07. The van der Waals surface area contributed by atoms with Gasteiger partial charge in [-0.1, -0.05) is 30.3 Å². The van der Waals surface area contributed by atoms with Crippen LogP contribution in [0.25, 0.3) is 0 Å². The zero-order valence-electron chi connectivity index (χ0n) is 20.1. The SMILES string of the molecule is Cc1cc(C)n(CC(=O)N2CCC[C@@H](CCC(=O)N3CCN(Cc4ccccc4)CC3)C2)n1. The van der Waals surface area contributed by atoms with Gasteiger partial charge in [0.15, 0.2) is 0 Å². The number of nitrogens with zero attached hydrogens (tertiary/aromatic N) is 5. The highest BCUT2D eigenvalue weighted by Crippen LogP contribution is 2.22. The third-order valence-electron chi connectivity index (χ3n) is 7.00. The quantitative estimate of drug-likeness (QED) is 0.650. The number of carbonyl (C=O) groups excluding carboxylic acids is 2. The van der Waals surface area contributed by atoms with Crippen LogP contribution in [0.4, 0.5) is 0 Å². The minimum atomic E-state index is 0.131. The minimum absolute atomic E-state index is 0.131. The van der Waals surface area contributed by atoms with E-state index < -0.39 is 0 Å². The molecule has 0 radical (unpaired) electrons. The summed E-state index contributed by atoms with van der Waals surface area (Å²) in [6, 6.07) is 12.5. The lowest BCUT2D eigenvalue weighted by Gasteiger charge is -2.36. The Morgan fingerprint density at radius 2 is 1.73 bits per heavy atom. The second-order valence-corrected chi connectivity index (χ2v) is 9.61. The van der Waals surface area contributed by atoms with Crippen LogP contribution in [0, 0.1) is 19.8 Å². The first kappa shape index (κ1) is 23.5. The summed E-state index contributed by atoms with van der Waals surface area (Å²) in [4.78, 5) is 32.0. The average molecular weight is 452 g/mol. The van der Waals surface area contributed by atoms with Crippen molar-refractivity contribution >= 4 is 11.8 Å². The predicted octanol–water partition coefficient (Wildman–Crippen LogP) is 2.86. The van der Waals surface area contributed by atoms with E-state index in [9.17, 15) is 9.59 Å². The summed E-state index contributed by atoms with van der Waals surface area (Å²) in [6.07, 6.45) is 3.57. The molecule has 3 heterocycles. The van der Waals surface area contributed by atoms with Crippen molar-refractivity contribution in [2.45, 2.75) is 52.6 Å². The third-order valence-corrected chi connectivity index (χ3v) is 7.00. The van der Waals surface area contributed by atoms with Crippen molar-refractivity contribution in [1.29, 1.82) is 0 Å². The number of benzene rings is 1. The second kappa shape index (κ2) is 11.0. The van der Waals surface area contributed by atoms with E-state index in [1.165, 1.54) is 5.56 Å². The maximum absolute atomic E-state index is 12.8. The highest BCUT2D eigenvalue weighted by molar-refractivity contribution is 5.77.